The van der Waals surface area contributed by atoms with E-state index < -0.39 is 0 Å². The van der Waals surface area contributed by atoms with Crippen LogP contribution in [0.25, 0.3) is 6.08 Å². The summed E-state index contributed by atoms with van der Waals surface area (Å²) < 4.78 is 21.2. The van der Waals surface area contributed by atoms with Crippen molar-refractivity contribution in [3.05, 3.63) is 60.4 Å². The van der Waals surface area contributed by atoms with E-state index in [4.69, 9.17) is 4.74 Å². The van der Waals surface area contributed by atoms with Gasteiger partial charge in [0.15, 0.2) is 0 Å². The number of halogens is 1. The third-order valence-electron chi connectivity index (χ3n) is 5.15. The Hall–Kier alpha value is -1.94. The van der Waals surface area contributed by atoms with Gasteiger partial charge in [-0.05, 0) is 24.1 Å². The number of benzene rings is 1. The lowest BCUT2D eigenvalue weighted by atomic mass is 10.1. The molecule has 0 aliphatic rings. The van der Waals surface area contributed by atoms with Crippen LogP contribution in [0.2, 0.25) is 0 Å². The molecule has 1 heterocycles. The van der Waals surface area contributed by atoms with Gasteiger partial charge in [-0.2, -0.15) is 0 Å². The van der Waals surface area contributed by atoms with Crippen LogP contribution >= 0.6 is 0 Å². The van der Waals surface area contributed by atoms with E-state index in [9.17, 15) is 4.39 Å². The molecule has 4 heteroatoms. The van der Waals surface area contributed by atoms with Crippen molar-refractivity contribution in [2.45, 2.75) is 83.8 Å². The summed E-state index contributed by atoms with van der Waals surface area (Å²) in [6.07, 6.45) is 22.8. The number of ether oxygens (including phenoxy) is 1. The first-order chi connectivity index (χ1) is 14.3. The zero-order valence-corrected chi connectivity index (χ0v) is 17.9. The van der Waals surface area contributed by atoms with E-state index in [0.29, 0.717) is 0 Å². The molecule has 0 spiro atoms. The summed E-state index contributed by atoms with van der Waals surface area (Å²) in [5.41, 5.74) is 0.976. The number of aromatic nitrogens is 2. The zero-order valence-electron chi connectivity index (χ0n) is 17.9. The smallest absolute Gasteiger partial charge is 0.123 e. The van der Waals surface area contributed by atoms with Gasteiger partial charge in [0.1, 0.15) is 5.82 Å². The van der Waals surface area contributed by atoms with Crippen LogP contribution in [-0.2, 0) is 11.3 Å². The summed E-state index contributed by atoms with van der Waals surface area (Å²) in [4.78, 5) is 4.11. The molecule has 0 aliphatic carbocycles. The molecule has 0 amide bonds. The Kier molecular flexibility index (Phi) is 12.1. The molecule has 0 fully saturated rings. The highest BCUT2D eigenvalue weighted by Crippen LogP contribution is 2.12. The number of nitrogens with zero attached hydrogens (tertiary/aromatic N) is 2. The first-order valence-electron chi connectivity index (χ1n) is 11.3. The van der Waals surface area contributed by atoms with E-state index in [2.05, 4.69) is 18.0 Å². The Bertz CT molecular complexity index is 652. The predicted octanol–water partition coefficient (Wildman–Crippen LogP) is 7.04. The van der Waals surface area contributed by atoms with Crippen LogP contribution in [0.1, 0.15) is 76.7 Å². The Morgan fingerprint density at radius 3 is 2.24 bits per heavy atom. The van der Waals surface area contributed by atoms with Gasteiger partial charge in [-0.25, -0.2) is 9.37 Å². The maximum absolute atomic E-state index is 13.1. The lowest BCUT2D eigenvalue weighted by Gasteiger charge is -2.15. The summed E-state index contributed by atoms with van der Waals surface area (Å²) in [5, 5.41) is 0. The van der Waals surface area contributed by atoms with Crippen molar-refractivity contribution >= 4 is 6.08 Å². The molecule has 2 aromatic rings. The van der Waals surface area contributed by atoms with E-state index >= 15 is 0 Å². The van der Waals surface area contributed by atoms with Gasteiger partial charge in [0, 0.05) is 19.0 Å². The molecule has 1 atom stereocenters. The third-order valence-corrected chi connectivity index (χ3v) is 5.15. The van der Waals surface area contributed by atoms with Gasteiger partial charge < -0.3 is 9.30 Å². The fourth-order valence-electron chi connectivity index (χ4n) is 3.39. The van der Waals surface area contributed by atoms with Crippen LogP contribution in [0.5, 0.6) is 0 Å². The topological polar surface area (TPSA) is 27.1 Å². The zero-order chi connectivity index (χ0) is 20.6. The second-order valence-electron chi connectivity index (χ2n) is 7.76. The minimum Gasteiger partial charge on any atom is -0.372 e. The highest BCUT2D eigenvalue weighted by Gasteiger charge is 2.06. The van der Waals surface area contributed by atoms with Crippen molar-refractivity contribution in [2.75, 3.05) is 6.61 Å². The van der Waals surface area contributed by atoms with E-state index in [1.807, 2.05) is 23.2 Å². The van der Waals surface area contributed by atoms with Crippen LogP contribution in [0, 0.1) is 5.82 Å². The quantitative estimate of drug-likeness (QED) is 0.282. The van der Waals surface area contributed by atoms with Crippen LogP contribution in [0.3, 0.4) is 0 Å². The first-order valence-corrected chi connectivity index (χ1v) is 11.3. The lowest BCUT2D eigenvalue weighted by molar-refractivity contribution is 0.0710. The van der Waals surface area contributed by atoms with Crippen LogP contribution in [-0.4, -0.2) is 22.3 Å². The number of rotatable bonds is 16. The number of hydrogen-bond donors (Lipinski definition) is 0. The van der Waals surface area contributed by atoms with Crippen LogP contribution in [0.15, 0.2) is 49.1 Å². The number of unbranched alkanes of at least 4 members (excludes halogenated alkanes) is 9. The van der Waals surface area contributed by atoms with Gasteiger partial charge in [0.2, 0.25) is 0 Å². The minimum absolute atomic E-state index is 0.0205. The summed E-state index contributed by atoms with van der Waals surface area (Å²) in [7, 11) is 0. The van der Waals surface area contributed by atoms with E-state index in [-0.39, 0.29) is 11.9 Å². The van der Waals surface area contributed by atoms with Gasteiger partial charge in [-0.1, -0.05) is 89.0 Å². The molecular weight excluding hydrogens is 363 g/mol. The molecule has 0 saturated heterocycles. The standard InChI is InChI=1S/C25H37FN2O/c1-2-3-4-5-6-7-8-9-10-11-20-29-25(21-28-19-18-27-22-28)17-14-23-12-15-24(26)16-13-23/h12-19,22,25H,2-11,20-21H2,1H3/b17-14+. The molecule has 0 bridgehead atoms. The van der Waals surface area contributed by atoms with E-state index in [1.54, 1.807) is 18.3 Å². The lowest BCUT2D eigenvalue weighted by Crippen LogP contribution is -2.18. The third kappa shape index (κ3) is 11.0. The van der Waals surface area contributed by atoms with E-state index in [1.165, 1.54) is 69.9 Å². The van der Waals surface area contributed by atoms with Gasteiger partial charge in [-0.15, -0.1) is 0 Å². The molecule has 1 aromatic carbocycles. The van der Waals surface area contributed by atoms with E-state index in [0.717, 1.165) is 25.1 Å². The molecule has 2 rings (SSSR count). The van der Waals surface area contributed by atoms with Crippen molar-refractivity contribution < 1.29 is 9.13 Å². The summed E-state index contributed by atoms with van der Waals surface area (Å²) in [6.45, 7) is 3.76. The Morgan fingerprint density at radius 2 is 1.62 bits per heavy atom. The number of hydrogen-bond acceptors (Lipinski definition) is 2. The van der Waals surface area contributed by atoms with Crippen molar-refractivity contribution in [1.82, 2.24) is 9.55 Å². The summed E-state index contributed by atoms with van der Waals surface area (Å²) in [6, 6.07) is 6.52. The highest BCUT2D eigenvalue weighted by atomic mass is 19.1. The number of imidazole rings is 1. The molecule has 160 valence electrons. The molecule has 0 aliphatic heterocycles. The first kappa shape index (κ1) is 23.3. The normalized spacial score (nSPS) is 12.6. The van der Waals surface area contributed by atoms with Crippen molar-refractivity contribution in [3.63, 3.8) is 0 Å². The fraction of sp³-hybridized carbons (Fsp3) is 0.560. The maximum atomic E-state index is 13.1. The fourth-order valence-corrected chi connectivity index (χ4v) is 3.39. The Morgan fingerprint density at radius 1 is 0.966 bits per heavy atom. The molecule has 1 aromatic heterocycles. The molecule has 0 N–H and O–H groups in total. The molecule has 0 radical (unpaired) electrons. The second-order valence-corrected chi connectivity index (χ2v) is 7.76. The predicted molar refractivity (Wildman–Crippen MR) is 119 cm³/mol. The molecule has 29 heavy (non-hydrogen) atoms. The molecule has 1 unspecified atom stereocenters. The monoisotopic (exact) mass is 400 g/mol. The molecule has 3 nitrogen and oxygen atoms in total. The average molecular weight is 401 g/mol. The van der Waals surface area contributed by atoms with Gasteiger partial charge in [-0.3, -0.25) is 0 Å². The summed E-state index contributed by atoms with van der Waals surface area (Å²) in [5.74, 6) is -0.214. The molecule has 0 saturated carbocycles. The highest BCUT2D eigenvalue weighted by molar-refractivity contribution is 5.49. The summed E-state index contributed by atoms with van der Waals surface area (Å²) >= 11 is 0. The SMILES string of the molecule is CCCCCCCCCCCCOC(/C=C/c1ccc(F)cc1)Cn1ccnc1. The minimum atomic E-state index is -0.214. The van der Waals surface area contributed by atoms with Crippen molar-refractivity contribution in [1.29, 1.82) is 0 Å². The second kappa shape index (κ2) is 15.0. The van der Waals surface area contributed by atoms with Crippen LogP contribution in [0.4, 0.5) is 4.39 Å². The van der Waals surface area contributed by atoms with Gasteiger partial charge in [0.25, 0.3) is 0 Å². The van der Waals surface area contributed by atoms with Gasteiger partial charge >= 0.3 is 0 Å². The van der Waals surface area contributed by atoms with Crippen molar-refractivity contribution in [3.8, 4) is 0 Å². The van der Waals surface area contributed by atoms with Crippen LogP contribution < -0.4 is 0 Å². The Labute approximate surface area is 176 Å². The largest absolute Gasteiger partial charge is 0.372 e. The van der Waals surface area contributed by atoms with Crippen molar-refractivity contribution in [2.24, 2.45) is 0 Å². The Balaban J connectivity index is 1.65. The van der Waals surface area contributed by atoms with Gasteiger partial charge in [0.05, 0.1) is 19.0 Å². The average Bonchev–Trinajstić information content (AvgIpc) is 3.24. The molecular formula is C25H37FN2O. The maximum Gasteiger partial charge on any atom is 0.123 e.